The minimum absolute atomic E-state index is 0.102. The van der Waals surface area contributed by atoms with Gasteiger partial charge in [0.2, 0.25) is 0 Å². The number of benzene rings is 1. The van der Waals surface area contributed by atoms with E-state index in [1.807, 2.05) is 52.7 Å². The molecule has 0 atom stereocenters. The van der Waals surface area contributed by atoms with E-state index in [2.05, 4.69) is 20.4 Å². The fourth-order valence-corrected chi connectivity index (χ4v) is 3.39. The van der Waals surface area contributed by atoms with Crippen molar-refractivity contribution in [3.8, 4) is 10.7 Å². The molecule has 3 heterocycles. The molecule has 0 saturated heterocycles. The first-order chi connectivity index (χ1) is 12.3. The minimum Gasteiger partial charge on any atom is -0.352 e. The molecule has 0 saturated carbocycles. The molecule has 3 aromatic heterocycles. The van der Waals surface area contributed by atoms with Crippen molar-refractivity contribution in [1.82, 2.24) is 25.1 Å². The maximum Gasteiger partial charge on any atom is 0.253 e. The molecule has 0 bridgehead atoms. The van der Waals surface area contributed by atoms with Crippen LogP contribution in [0.4, 0.5) is 0 Å². The molecule has 4 aromatic rings. The molecular weight excluding hydrogens is 334 g/mol. The van der Waals surface area contributed by atoms with Crippen LogP contribution in [0.1, 0.15) is 16.8 Å². The molecular formula is C18H17N5OS. The number of aryl methyl sites for hydroxylation is 1. The van der Waals surface area contributed by atoms with Crippen molar-refractivity contribution >= 4 is 28.3 Å². The fourth-order valence-electron chi connectivity index (χ4n) is 2.72. The summed E-state index contributed by atoms with van der Waals surface area (Å²) in [6.45, 7) is 1.37. The number of thiophene rings is 1. The Labute approximate surface area is 148 Å². The highest BCUT2D eigenvalue weighted by atomic mass is 32.1. The van der Waals surface area contributed by atoms with Crippen molar-refractivity contribution in [2.75, 3.05) is 6.54 Å². The third-order valence-corrected chi connectivity index (χ3v) is 4.80. The Hall–Kier alpha value is -2.93. The standard InChI is InChI=1S/C18H17N5OS/c24-18(19-8-3-10-23-11-4-9-20-23)13-5-1-6-14-16(13)22-17(21-14)15-7-2-12-25-15/h1-2,4-7,9,11-12H,3,8,10H2,(H,19,24)(H,21,22). The first kappa shape index (κ1) is 15.6. The highest BCUT2D eigenvalue weighted by Gasteiger charge is 2.14. The third-order valence-electron chi connectivity index (χ3n) is 3.92. The molecule has 126 valence electrons. The quantitative estimate of drug-likeness (QED) is 0.523. The molecule has 0 aliphatic carbocycles. The van der Waals surface area contributed by atoms with Crippen LogP contribution >= 0.6 is 11.3 Å². The Balaban J connectivity index is 1.47. The van der Waals surface area contributed by atoms with Crippen LogP contribution in [0, 0.1) is 0 Å². The van der Waals surface area contributed by atoms with Gasteiger partial charge in [0.05, 0.1) is 16.0 Å². The maximum atomic E-state index is 12.5. The van der Waals surface area contributed by atoms with Crippen LogP contribution in [0.5, 0.6) is 0 Å². The number of fused-ring (bicyclic) bond motifs is 1. The second-order valence-corrected chi connectivity index (χ2v) is 6.59. The van der Waals surface area contributed by atoms with E-state index in [0.717, 1.165) is 29.2 Å². The zero-order chi connectivity index (χ0) is 17.1. The van der Waals surface area contributed by atoms with Crippen molar-refractivity contribution < 1.29 is 4.79 Å². The summed E-state index contributed by atoms with van der Waals surface area (Å²) in [4.78, 5) is 21.5. The number of imidazole rings is 1. The number of aromatic nitrogens is 4. The molecule has 1 aromatic carbocycles. The molecule has 0 aliphatic rings. The van der Waals surface area contributed by atoms with Crippen LogP contribution in [0.15, 0.2) is 54.2 Å². The molecule has 6 nitrogen and oxygen atoms in total. The Morgan fingerprint density at radius 3 is 3.00 bits per heavy atom. The van der Waals surface area contributed by atoms with Crippen LogP contribution < -0.4 is 5.32 Å². The Morgan fingerprint density at radius 2 is 2.20 bits per heavy atom. The van der Waals surface area contributed by atoms with E-state index in [4.69, 9.17) is 0 Å². The monoisotopic (exact) mass is 351 g/mol. The molecule has 0 spiro atoms. The lowest BCUT2D eigenvalue weighted by molar-refractivity contribution is 0.0954. The van der Waals surface area contributed by atoms with Gasteiger partial charge >= 0.3 is 0 Å². The number of hydrogen-bond acceptors (Lipinski definition) is 4. The van der Waals surface area contributed by atoms with Gasteiger partial charge in [0.25, 0.3) is 5.91 Å². The summed E-state index contributed by atoms with van der Waals surface area (Å²) in [5.41, 5.74) is 2.17. The summed E-state index contributed by atoms with van der Waals surface area (Å²) < 4.78 is 1.86. The highest BCUT2D eigenvalue weighted by molar-refractivity contribution is 7.13. The molecule has 7 heteroatoms. The number of H-pyrrole nitrogens is 1. The van der Waals surface area contributed by atoms with Crippen LogP contribution in [0.3, 0.4) is 0 Å². The second kappa shape index (κ2) is 6.90. The van der Waals surface area contributed by atoms with Gasteiger partial charge in [0.15, 0.2) is 0 Å². The molecule has 0 fully saturated rings. The van der Waals surface area contributed by atoms with E-state index in [0.29, 0.717) is 17.6 Å². The summed E-state index contributed by atoms with van der Waals surface area (Å²) in [5, 5.41) is 9.13. The fraction of sp³-hybridized carbons (Fsp3) is 0.167. The molecule has 0 aliphatic heterocycles. The first-order valence-electron chi connectivity index (χ1n) is 8.09. The van der Waals surface area contributed by atoms with E-state index < -0.39 is 0 Å². The van der Waals surface area contributed by atoms with E-state index in [1.54, 1.807) is 17.5 Å². The lowest BCUT2D eigenvalue weighted by atomic mass is 10.1. The average molecular weight is 351 g/mol. The van der Waals surface area contributed by atoms with Crippen molar-refractivity contribution in [1.29, 1.82) is 0 Å². The van der Waals surface area contributed by atoms with Crippen molar-refractivity contribution in [3.05, 3.63) is 59.7 Å². The summed E-state index contributed by atoms with van der Waals surface area (Å²) in [7, 11) is 0. The van der Waals surface area contributed by atoms with Gasteiger partial charge in [0, 0.05) is 25.5 Å². The third kappa shape index (κ3) is 3.32. The second-order valence-electron chi connectivity index (χ2n) is 5.64. The van der Waals surface area contributed by atoms with E-state index in [1.165, 1.54) is 0 Å². The summed E-state index contributed by atoms with van der Waals surface area (Å²) in [5.74, 6) is 0.694. The number of carbonyl (C=O) groups excluding carboxylic acids is 1. The largest absolute Gasteiger partial charge is 0.352 e. The lowest BCUT2D eigenvalue weighted by Crippen LogP contribution is -2.25. The highest BCUT2D eigenvalue weighted by Crippen LogP contribution is 2.26. The number of carbonyl (C=O) groups is 1. The van der Waals surface area contributed by atoms with E-state index in [-0.39, 0.29) is 5.91 Å². The number of para-hydroxylation sites is 1. The summed E-state index contributed by atoms with van der Waals surface area (Å²) in [6, 6.07) is 11.5. The Morgan fingerprint density at radius 1 is 1.24 bits per heavy atom. The number of aromatic amines is 1. The normalized spacial score (nSPS) is 11.0. The molecule has 0 unspecified atom stereocenters. The van der Waals surface area contributed by atoms with E-state index >= 15 is 0 Å². The van der Waals surface area contributed by atoms with Crippen molar-refractivity contribution in [3.63, 3.8) is 0 Å². The van der Waals surface area contributed by atoms with Crippen LogP contribution in [-0.4, -0.2) is 32.2 Å². The smallest absolute Gasteiger partial charge is 0.253 e. The predicted molar refractivity (Wildman–Crippen MR) is 98.6 cm³/mol. The molecule has 1 amide bonds. The average Bonchev–Trinajstić information content (AvgIpc) is 3.38. The summed E-state index contributed by atoms with van der Waals surface area (Å²) >= 11 is 1.62. The number of rotatable bonds is 6. The van der Waals surface area contributed by atoms with Gasteiger partial charge in [-0.25, -0.2) is 4.98 Å². The molecule has 25 heavy (non-hydrogen) atoms. The maximum absolute atomic E-state index is 12.5. The zero-order valence-corrected chi connectivity index (χ0v) is 14.3. The Bertz CT molecular complexity index is 972. The molecule has 2 N–H and O–H groups in total. The van der Waals surface area contributed by atoms with Gasteiger partial charge in [-0.15, -0.1) is 11.3 Å². The van der Waals surface area contributed by atoms with E-state index in [9.17, 15) is 4.79 Å². The van der Waals surface area contributed by atoms with Crippen LogP contribution in [-0.2, 0) is 6.54 Å². The first-order valence-corrected chi connectivity index (χ1v) is 8.97. The van der Waals surface area contributed by atoms with Crippen molar-refractivity contribution in [2.24, 2.45) is 0 Å². The summed E-state index contributed by atoms with van der Waals surface area (Å²) in [6.07, 6.45) is 4.49. The van der Waals surface area contributed by atoms with Gasteiger partial charge < -0.3 is 10.3 Å². The Kier molecular flexibility index (Phi) is 4.30. The van der Waals surface area contributed by atoms with Gasteiger partial charge in [-0.3, -0.25) is 9.48 Å². The minimum atomic E-state index is -0.102. The van der Waals surface area contributed by atoms with Crippen molar-refractivity contribution in [2.45, 2.75) is 13.0 Å². The number of nitrogens with zero attached hydrogens (tertiary/aromatic N) is 3. The van der Waals surface area contributed by atoms with Gasteiger partial charge in [-0.05, 0) is 36.1 Å². The predicted octanol–water partition coefficient (Wildman–Crippen LogP) is 3.31. The number of amides is 1. The van der Waals surface area contributed by atoms with Gasteiger partial charge in [-0.1, -0.05) is 12.1 Å². The van der Waals surface area contributed by atoms with Gasteiger partial charge in [0.1, 0.15) is 11.3 Å². The van der Waals surface area contributed by atoms with Crippen LogP contribution in [0.2, 0.25) is 0 Å². The zero-order valence-electron chi connectivity index (χ0n) is 13.5. The van der Waals surface area contributed by atoms with Crippen LogP contribution in [0.25, 0.3) is 21.7 Å². The molecule has 4 rings (SSSR count). The lowest BCUT2D eigenvalue weighted by Gasteiger charge is -2.06. The molecule has 0 radical (unpaired) electrons. The number of nitrogens with one attached hydrogen (secondary N) is 2. The SMILES string of the molecule is O=C(NCCCn1cccn1)c1cccc2[nH]c(-c3cccs3)nc12. The van der Waals surface area contributed by atoms with Gasteiger partial charge in [-0.2, -0.15) is 5.10 Å². The topological polar surface area (TPSA) is 75.6 Å². The number of hydrogen-bond donors (Lipinski definition) is 2.